The van der Waals surface area contributed by atoms with Gasteiger partial charge in [0.05, 0.1) is 5.56 Å². The summed E-state index contributed by atoms with van der Waals surface area (Å²) in [4.78, 5) is 16.6. The molecule has 0 unspecified atom stereocenters. The maximum Gasteiger partial charge on any atom is 0.254 e. The molecular weight excluding hydrogens is 302 g/mol. The number of carbonyl (C=O) groups excluding carboxylic acids is 1. The zero-order valence-electron chi connectivity index (χ0n) is 14.0. The molecule has 24 heavy (non-hydrogen) atoms. The second kappa shape index (κ2) is 7.17. The summed E-state index contributed by atoms with van der Waals surface area (Å²) in [5, 5.41) is 2.93. The number of benzene rings is 1. The predicted octanol–water partition coefficient (Wildman–Crippen LogP) is 3.11. The van der Waals surface area contributed by atoms with E-state index in [1.807, 2.05) is 31.3 Å². The molecule has 1 amide bonds. The number of aromatic nitrogens is 2. The van der Waals surface area contributed by atoms with E-state index >= 15 is 0 Å². The van der Waals surface area contributed by atoms with Crippen LogP contribution in [0.2, 0.25) is 0 Å². The van der Waals surface area contributed by atoms with Gasteiger partial charge in [0, 0.05) is 31.9 Å². The smallest absolute Gasteiger partial charge is 0.254 e. The number of imidazole rings is 1. The van der Waals surface area contributed by atoms with E-state index in [0.29, 0.717) is 24.3 Å². The molecule has 0 radical (unpaired) electrons. The Morgan fingerprint density at radius 3 is 2.75 bits per heavy atom. The van der Waals surface area contributed by atoms with Crippen molar-refractivity contribution in [1.82, 2.24) is 14.9 Å². The van der Waals surface area contributed by atoms with Crippen LogP contribution in [0.3, 0.4) is 0 Å². The van der Waals surface area contributed by atoms with Crippen LogP contribution in [0.15, 0.2) is 53.2 Å². The highest BCUT2D eigenvalue weighted by Gasteiger charge is 2.13. The van der Waals surface area contributed by atoms with Crippen LogP contribution in [0.5, 0.6) is 0 Å². The first-order valence-corrected chi connectivity index (χ1v) is 8.02. The van der Waals surface area contributed by atoms with Crippen molar-refractivity contribution in [2.75, 3.05) is 6.54 Å². The molecule has 2 heterocycles. The second-order valence-electron chi connectivity index (χ2n) is 5.79. The van der Waals surface area contributed by atoms with Crippen molar-refractivity contribution < 1.29 is 9.21 Å². The van der Waals surface area contributed by atoms with Gasteiger partial charge in [-0.25, -0.2) is 4.98 Å². The number of rotatable bonds is 6. The maximum atomic E-state index is 12.2. The lowest BCUT2D eigenvalue weighted by Crippen LogP contribution is -2.26. The molecule has 0 fully saturated rings. The monoisotopic (exact) mass is 323 g/mol. The highest BCUT2D eigenvalue weighted by molar-refractivity contribution is 5.95. The molecule has 0 spiro atoms. The third kappa shape index (κ3) is 3.74. The van der Waals surface area contributed by atoms with Crippen LogP contribution < -0.4 is 5.32 Å². The summed E-state index contributed by atoms with van der Waals surface area (Å²) < 4.78 is 7.50. The van der Waals surface area contributed by atoms with Gasteiger partial charge in [0.15, 0.2) is 0 Å². The Kier molecular flexibility index (Phi) is 4.79. The normalized spacial score (nSPS) is 10.8. The highest BCUT2D eigenvalue weighted by Crippen LogP contribution is 2.13. The largest absolute Gasteiger partial charge is 0.466 e. The van der Waals surface area contributed by atoms with Gasteiger partial charge in [0.2, 0.25) is 0 Å². The molecule has 0 bridgehead atoms. The fraction of sp³-hybridized carbons (Fsp3) is 0.263. The maximum absolute atomic E-state index is 12.2. The van der Waals surface area contributed by atoms with Crippen molar-refractivity contribution in [3.63, 3.8) is 0 Å². The summed E-state index contributed by atoms with van der Waals surface area (Å²) in [6.45, 7) is 4.96. The van der Waals surface area contributed by atoms with Crippen molar-refractivity contribution in [3.8, 4) is 0 Å². The lowest BCUT2D eigenvalue weighted by molar-refractivity contribution is 0.0952. The Labute approximate surface area is 141 Å². The standard InChI is InChI=1S/C19H21N3O2/c1-14-12-17(15(2)24-14)19(23)21-9-8-18-20-10-11-22(18)13-16-6-4-3-5-7-16/h3-7,10-12H,8-9,13H2,1-2H3,(H,21,23). The van der Waals surface area contributed by atoms with E-state index in [1.165, 1.54) is 5.56 Å². The number of nitrogens with one attached hydrogen (secondary N) is 1. The Balaban J connectivity index is 1.57. The molecule has 0 aliphatic heterocycles. The zero-order chi connectivity index (χ0) is 16.9. The molecule has 1 N–H and O–H groups in total. The van der Waals surface area contributed by atoms with Crippen LogP contribution in [0.4, 0.5) is 0 Å². The number of hydrogen-bond donors (Lipinski definition) is 1. The summed E-state index contributed by atoms with van der Waals surface area (Å²) in [7, 11) is 0. The van der Waals surface area contributed by atoms with Crippen molar-refractivity contribution in [1.29, 1.82) is 0 Å². The van der Waals surface area contributed by atoms with Gasteiger partial charge in [0.1, 0.15) is 17.3 Å². The van der Waals surface area contributed by atoms with Gasteiger partial charge in [-0.3, -0.25) is 4.79 Å². The lowest BCUT2D eigenvalue weighted by atomic mass is 10.2. The summed E-state index contributed by atoms with van der Waals surface area (Å²) in [5.74, 6) is 2.25. The fourth-order valence-electron chi connectivity index (χ4n) is 2.73. The number of furan rings is 1. The number of hydrogen-bond acceptors (Lipinski definition) is 3. The molecule has 0 atom stereocenters. The molecule has 5 heteroatoms. The second-order valence-corrected chi connectivity index (χ2v) is 5.79. The van der Waals surface area contributed by atoms with Crippen LogP contribution in [0.1, 0.15) is 33.3 Å². The first kappa shape index (κ1) is 16.1. The van der Waals surface area contributed by atoms with E-state index in [9.17, 15) is 4.79 Å². The van der Waals surface area contributed by atoms with Gasteiger partial charge in [-0.15, -0.1) is 0 Å². The van der Waals surface area contributed by atoms with E-state index < -0.39 is 0 Å². The van der Waals surface area contributed by atoms with Crippen LogP contribution in [-0.2, 0) is 13.0 Å². The lowest BCUT2D eigenvalue weighted by Gasteiger charge is -2.09. The molecule has 3 aromatic rings. The quantitative estimate of drug-likeness (QED) is 0.758. The Morgan fingerprint density at radius 1 is 1.25 bits per heavy atom. The minimum Gasteiger partial charge on any atom is -0.466 e. The molecule has 1 aromatic carbocycles. The van der Waals surface area contributed by atoms with E-state index in [-0.39, 0.29) is 5.91 Å². The van der Waals surface area contributed by atoms with Gasteiger partial charge in [-0.1, -0.05) is 30.3 Å². The van der Waals surface area contributed by atoms with Gasteiger partial charge in [0.25, 0.3) is 5.91 Å². The summed E-state index contributed by atoms with van der Waals surface area (Å²) in [6, 6.07) is 12.0. The summed E-state index contributed by atoms with van der Waals surface area (Å²) >= 11 is 0. The Hall–Kier alpha value is -2.82. The molecule has 124 valence electrons. The van der Waals surface area contributed by atoms with Gasteiger partial charge >= 0.3 is 0 Å². The minimum atomic E-state index is -0.106. The minimum absolute atomic E-state index is 0.106. The number of aryl methyl sites for hydroxylation is 2. The van der Waals surface area contributed by atoms with Gasteiger partial charge in [-0.2, -0.15) is 0 Å². The molecule has 0 saturated carbocycles. The van der Waals surface area contributed by atoms with Gasteiger partial charge in [-0.05, 0) is 25.5 Å². The van der Waals surface area contributed by atoms with Crippen molar-refractivity contribution >= 4 is 5.91 Å². The van der Waals surface area contributed by atoms with E-state index in [0.717, 1.165) is 18.1 Å². The van der Waals surface area contributed by atoms with Crippen LogP contribution >= 0.6 is 0 Å². The van der Waals surface area contributed by atoms with E-state index in [2.05, 4.69) is 27.0 Å². The Bertz CT molecular complexity index is 818. The molecule has 0 aliphatic rings. The molecule has 0 saturated heterocycles. The summed E-state index contributed by atoms with van der Waals surface area (Å²) in [6.07, 6.45) is 4.44. The topological polar surface area (TPSA) is 60.1 Å². The van der Waals surface area contributed by atoms with Crippen molar-refractivity contribution in [2.45, 2.75) is 26.8 Å². The summed E-state index contributed by atoms with van der Waals surface area (Å²) in [5.41, 5.74) is 1.82. The number of nitrogens with zero attached hydrogens (tertiary/aromatic N) is 2. The zero-order valence-corrected chi connectivity index (χ0v) is 14.0. The predicted molar refractivity (Wildman–Crippen MR) is 92.0 cm³/mol. The molecular formula is C19H21N3O2. The van der Waals surface area contributed by atoms with E-state index in [4.69, 9.17) is 4.42 Å². The molecule has 2 aromatic heterocycles. The van der Waals surface area contributed by atoms with Crippen molar-refractivity contribution in [2.24, 2.45) is 0 Å². The SMILES string of the molecule is Cc1cc(C(=O)NCCc2nccn2Cc2ccccc2)c(C)o1. The fourth-order valence-corrected chi connectivity index (χ4v) is 2.73. The van der Waals surface area contributed by atoms with Crippen LogP contribution in [0.25, 0.3) is 0 Å². The molecule has 3 rings (SSSR count). The van der Waals surface area contributed by atoms with E-state index in [1.54, 1.807) is 19.2 Å². The van der Waals surface area contributed by atoms with Gasteiger partial charge < -0.3 is 14.3 Å². The first-order chi connectivity index (χ1) is 11.6. The molecule has 0 aliphatic carbocycles. The average molecular weight is 323 g/mol. The molecule has 5 nitrogen and oxygen atoms in total. The van der Waals surface area contributed by atoms with Crippen molar-refractivity contribution in [3.05, 3.63) is 77.3 Å². The third-order valence-corrected chi connectivity index (χ3v) is 3.92. The Morgan fingerprint density at radius 2 is 2.04 bits per heavy atom. The van der Waals surface area contributed by atoms with Crippen LogP contribution in [0, 0.1) is 13.8 Å². The highest BCUT2D eigenvalue weighted by atomic mass is 16.3. The first-order valence-electron chi connectivity index (χ1n) is 8.02. The van der Waals surface area contributed by atoms with Crippen LogP contribution in [-0.4, -0.2) is 22.0 Å². The third-order valence-electron chi connectivity index (χ3n) is 3.92. The average Bonchev–Trinajstić information content (AvgIpc) is 3.14. The number of amides is 1. The number of carbonyl (C=O) groups is 1.